The molecule has 1 aromatic rings. The summed E-state index contributed by atoms with van der Waals surface area (Å²) in [5, 5.41) is 0. The third-order valence-corrected chi connectivity index (χ3v) is 4.54. The van der Waals surface area contributed by atoms with Crippen LogP contribution in [0.5, 0.6) is 5.75 Å². The van der Waals surface area contributed by atoms with E-state index >= 15 is 0 Å². The molecule has 2 rings (SSSR count). The van der Waals surface area contributed by atoms with Gasteiger partial charge in [0.2, 0.25) is 5.91 Å². The lowest BCUT2D eigenvalue weighted by molar-refractivity contribution is -0.134. The zero-order valence-corrected chi connectivity index (χ0v) is 15.9. The van der Waals surface area contributed by atoms with Crippen LogP contribution < -0.4 is 10.5 Å². The molecule has 1 amide bonds. The van der Waals surface area contributed by atoms with E-state index in [9.17, 15) is 4.79 Å². The molecule has 1 unspecified atom stereocenters. The molecule has 2 N–H and O–H groups in total. The first-order valence-electron chi connectivity index (χ1n) is 8.95. The first-order valence-corrected chi connectivity index (χ1v) is 8.95. The van der Waals surface area contributed by atoms with Gasteiger partial charge in [-0.3, -0.25) is 4.79 Å². The first kappa shape index (κ1) is 21.7. The van der Waals surface area contributed by atoms with Gasteiger partial charge in [-0.2, -0.15) is 0 Å². The molecule has 142 valence electrons. The Morgan fingerprint density at radius 2 is 2.00 bits per heavy atom. The maximum Gasteiger partial charge on any atom is 0.222 e. The second-order valence-corrected chi connectivity index (χ2v) is 6.31. The van der Waals surface area contributed by atoms with Crippen molar-refractivity contribution in [2.75, 3.05) is 33.4 Å². The van der Waals surface area contributed by atoms with Crippen LogP contribution >= 0.6 is 12.4 Å². The van der Waals surface area contributed by atoms with Crippen LogP contribution in [-0.4, -0.2) is 50.3 Å². The Hall–Kier alpha value is -1.30. The fraction of sp³-hybridized carbons (Fsp3) is 0.632. The van der Waals surface area contributed by atoms with Gasteiger partial charge in [-0.25, -0.2) is 0 Å². The van der Waals surface area contributed by atoms with Crippen molar-refractivity contribution >= 4 is 18.3 Å². The molecule has 1 aliphatic rings. The summed E-state index contributed by atoms with van der Waals surface area (Å²) in [5.41, 5.74) is 7.01. The minimum Gasteiger partial charge on any atom is -0.494 e. The summed E-state index contributed by atoms with van der Waals surface area (Å²) in [6, 6.07) is 8.29. The highest BCUT2D eigenvalue weighted by molar-refractivity contribution is 5.85. The molecule has 0 radical (unpaired) electrons. The van der Waals surface area contributed by atoms with Gasteiger partial charge in [0.05, 0.1) is 13.2 Å². The van der Waals surface area contributed by atoms with Crippen LogP contribution in [0, 0.1) is 0 Å². The number of rotatable bonds is 9. The quantitative estimate of drug-likeness (QED) is 0.679. The van der Waals surface area contributed by atoms with Crippen LogP contribution in [0.3, 0.4) is 0 Å². The highest BCUT2D eigenvalue weighted by Gasteiger charge is 2.24. The van der Waals surface area contributed by atoms with Gasteiger partial charge in [0, 0.05) is 32.7 Å². The topological polar surface area (TPSA) is 64.8 Å². The second kappa shape index (κ2) is 12.1. The van der Waals surface area contributed by atoms with Crippen LogP contribution in [-0.2, 0) is 16.0 Å². The smallest absolute Gasteiger partial charge is 0.222 e. The number of nitrogens with zero attached hydrogens (tertiary/aromatic N) is 1. The Bertz CT molecular complexity index is 496. The molecule has 0 bridgehead atoms. The zero-order valence-electron chi connectivity index (χ0n) is 15.1. The minimum atomic E-state index is 0. The predicted octanol–water partition coefficient (Wildman–Crippen LogP) is 2.80. The SMILES string of the molecule is COCCc1ccc(OCCCC(=O)N2CCCCC2CN)cc1.Cl. The van der Waals surface area contributed by atoms with Gasteiger partial charge >= 0.3 is 0 Å². The van der Waals surface area contributed by atoms with E-state index in [1.165, 1.54) is 12.0 Å². The lowest BCUT2D eigenvalue weighted by Gasteiger charge is -2.35. The Kier molecular flexibility index (Phi) is 10.5. The summed E-state index contributed by atoms with van der Waals surface area (Å²) in [4.78, 5) is 14.3. The van der Waals surface area contributed by atoms with E-state index in [1.54, 1.807) is 7.11 Å². The van der Waals surface area contributed by atoms with Crippen molar-refractivity contribution in [1.82, 2.24) is 4.90 Å². The monoisotopic (exact) mass is 370 g/mol. The van der Waals surface area contributed by atoms with E-state index in [-0.39, 0.29) is 24.4 Å². The van der Waals surface area contributed by atoms with E-state index in [1.807, 2.05) is 17.0 Å². The van der Waals surface area contributed by atoms with Crippen molar-refractivity contribution in [3.05, 3.63) is 29.8 Å². The molecule has 1 aliphatic heterocycles. The van der Waals surface area contributed by atoms with Gasteiger partial charge < -0.3 is 20.1 Å². The highest BCUT2D eigenvalue weighted by Crippen LogP contribution is 2.18. The van der Waals surface area contributed by atoms with Gasteiger partial charge in [0.15, 0.2) is 0 Å². The lowest BCUT2D eigenvalue weighted by atomic mass is 10.0. The Labute approximate surface area is 157 Å². The van der Waals surface area contributed by atoms with Crippen molar-refractivity contribution in [1.29, 1.82) is 0 Å². The fourth-order valence-electron chi connectivity index (χ4n) is 3.10. The van der Waals surface area contributed by atoms with Crippen molar-refractivity contribution < 1.29 is 14.3 Å². The van der Waals surface area contributed by atoms with E-state index in [0.29, 0.717) is 19.6 Å². The number of hydrogen-bond donors (Lipinski definition) is 1. The number of hydrogen-bond acceptors (Lipinski definition) is 4. The normalized spacial score (nSPS) is 17.0. The third-order valence-electron chi connectivity index (χ3n) is 4.54. The van der Waals surface area contributed by atoms with Crippen molar-refractivity contribution in [3.63, 3.8) is 0 Å². The number of carbonyl (C=O) groups is 1. The van der Waals surface area contributed by atoms with Gasteiger partial charge in [0.25, 0.3) is 0 Å². The molecular formula is C19H31ClN2O3. The van der Waals surface area contributed by atoms with Crippen molar-refractivity contribution in [2.45, 2.75) is 44.6 Å². The number of piperidine rings is 1. The van der Waals surface area contributed by atoms with Crippen LogP contribution in [0.15, 0.2) is 24.3 Å². The average molecular weight is 371 g/mol. The maximum atomic E-state index is 12.3. The molecule has 1 saturated heterocycles. The van der Waals surface area contributed by atoms with E-state index < -0.39 is 0 Å². The molecule has 0 aliphatic carbocycles. The molecule has 1 atom stereocenters. The van der Waals surface area contributed by atoms with Gasteiger partial charge in [-0.15, -0.1) is 12.4 Å². The Balaban J connectivity index is 0.00000312. The average Bonchev–Trinajstić information content (AvgIpc) is 2.64. The third kappa shape index (κ3) is 7.22. The zero-order chi connectivity index (χ0) is 17.2. The van der Waals surface area contributed by atoms with E-state index in [2.05, 4.69) is 12.1 Å². The fourth-order valence-corrected chi connectivity index (χ4v) is 3.10. The van der Waals surface area contributed by atoms with E-state index in [4.69, 9.17) is 15.2 Å². The number of methoxy groups -OCH3 is 1. The number of carbonyl (C=O) groups excluding carboxylic acids is 1. The Morgan fingerprint density at radius 1 is 1.24 bits per heavy atom. The van der Waals surface area contributed by atoms with Gasteiger partial charge in [0.1, 0.15) is 5.75 Å². The number of benzene rings is 1. The summed E-state index contributed by atoms with van der Waals surface area (Å²) in [5.74, 6) is 1.06. The largest absolute Gasteiger partial charge is 0.494 e. The molecular weight excluding hydrogens is 340 g/mol. The van der Waals surface area contributed by atoms with E-state index in [0.717, 1.165) is 44.6 Å². The first-order chi connectivity index (χ1) is 11.7. The lowest BCUT2D eigenvalue weighted by Crippen LogP contribution is -2.47. The Morgan fingerprint density at radius 3 is 2.68 bits per heavy atom. The summed E-state index contributed by atoms with van der Waals surface area (Å²) in [7, 11) is 1.71. The molecule has 5 nitrogen and oxygen atoms in total. The predicted molar refractivity (Wildman–Crippen MR) is 102 cm³/mol. The molecule has 1 aromatic carbocycles. The molecule has 0 aromatic heterocycles. The van der Waals surface area contributed by atoms with Crippen LogP contribution in [0.2, 0.25) is 0 Å². The summed E-state index contributed by atoms with van der Waals surface area (Å²) >= 11 is 0. The standard InChI is InChI=1S/C19H30N2O3.ClH/c1-23-14-11-16-7-9-18(10-8-16)24-13-4-6-19(22)21-12-3-2-5-17(21)15-20;/h7-10,17H,2-6,11-15,20H2,1H3;1H. The van der Waals surface area contributed by atoms with Gasteiger partial charge in [-0.1, -0.05) is 12.1 Å². The number of likely N-dealkylation sites (tertiary alicyclic amines) is 1. The van der Waals surface area contributed by atoms with Gasteiger partial charge in [-0.05, 0) is 49.8 Å². The molecule has 25 heavy (non-hydrogen) atoms. The number of halogens is 1. The molecule has 1 fully saturated rings. The number of amides is 1. The highest BCUT2D eigenvalue weighted by atomic mass is 35.5. The molecule has 6 heteroatoms. The minimum absolute atomic E-state index is 0. The van der Waals surface area contributed by atoms with Crippen LogP contribution in [0.25, 0.3) is 0 Å². The summed E-state index contributed by atoms with van der Waals surface area (Å²) in [6.45, 7) is 2.70. The van der Waals surface area contributed by atoms with Crippen molar-refractivity contribution in [2.24, 2.45) is 5.73 Å². The molecule has 0 spiro atoms. The van der Waals surface area contributed by atoms with Crippen LogP contribution in [0.1, 0.15) is 37.7 Å². The number of nitrogens with two attached hydrogens (primary N) is 1. The summed E-state index contributed by atoms with van der Waals surface area (Å²) < 4.78 is 10.8. The summed E-state index contributed by atoms with van der Waals surface area (Å²) in [6.07, 6.45) is 5.47. The molecule has 1 heterocycles. The maximum absolute atomic E-state index is 12.3. The second-order valence-electron chi connectivity index (χ2n) is 6.31. The van der Waals surface area contributed by atoms with Crippen molar-refractivity contribution in [3.8, 4) is 5.75 Å². The van der Waals surface area contributed by atoms with Crippen LogP contribution in [0.4, 0.5) is 0 Å². The molecule has 0 saturated carbocycles. The number of ether oxygens (including phenoxy) is 2.